The molecule has 18 heavy (non-hydrogen) atoms. The van der Waals surface area contributed by atoms with Gasteiger partial charge >= 0.3 is 0 Å². The number of nitrogens with one attached hydrogen (secondary N) is 1. The number of rotatable bonds is 5. The van der Waals surface area contributed by atoms with E-state index in [0.29, 0.717) is 6.04 Å². The molecule has 0 aliphatic carbocycles. The van der Waals surface area contributed by atoms with E-state index in [0.717, 1.165) is 13.0 Å². The maximum Gasteiger partial charge on any atom is 0.0526 e. The molecule has 0 aliphatic heterocycles. The second-order valence-corrected chi connectivity index (χ2v) is 6.31. The van der Waals surface area contributed by atoms with Gasteiger partial charge in [0.1, 0.15) is 0 Å². The van der Waals surface area contributed by atoms with E-state index >= 15 is 0 Å². The van der Waals surface area contributed by atoms with E-state index in [4.69, 9.17) is 0 Å². The first-order valence-corrected chi connectivity index (χ1v) is 6.80. The first kappa shape index (κ1) is 15.2. The number of aliphatic hydroxyl groups excluding tert-OH is 1. The standard InChI is InChI=1S/C16H27NO/c1-12(10-13(2)18)17-11-14-6-8-15(9-7-14)16(3,4)5/h6-9,12-13,17-18H,10-11H2,1-5H3. The highest BCUT2D eigenvalue weighted by Crippen LogP contribution is 2.22. The third-order valence-electron chi connectivity index (χ3n) is 3.17. The second-order valence-electron chi connectivity index (χ2n) is 6.31. The van der Waals surface area contributed by atoms with Crippen molar-refractivity contribution in [3.63, 3.8) is 0 Å². The number of hydrogen-bond acceptors (Lipinski definition) is 2. The average Bonchev–Trinajstić information content (AvgIpc) is 2.25. The fourth-order valence-electron chi connectivity index (χ4n) is 2.01. The summed E-state index contributed by atoms with van der Waals surface area (Å²) in [5.74, 6) is 0. The molecule has 1 aromatic rings. The molecule has 102 valence electrons. The Labute approximate surface area is 111 Å². The van der Waals surface area contributed by atoms with Crippen LogP contribution in [0.3, 0.4) is 0 Å². The molecule has 1 aromatic carbocycles. The maximum absolute atomic E-state index is 9.31. The molecule has 0 spiro atoms. The normalized spacial score (nSPS) is 15.4. The number of hydrogen-bond donors (Lipinski definition) is 2. The van der Waals surface area contributed by atoms with E-state index in [-0.39, 0.29) is 11.5 Å². The van der Waals surface area contributed by atoms with Crippen molar-refractivity contribution in [3.05, 3.63) is 35.4 Å². The Balaban J connectivity index is 2.49. The summed E-state index contributed by atoms with van der Waals surface area (Å²) >= 11 is 0. The molecule has 0 saturated carbocycles. The van der Waals surface area contributed by atoms with Gasteiger partial charge in [-0.15, -0.1) is 0 Å². The largest absolute Gasteiger partial charge is 0.393 e. The van der Waals surface area contributed by atoms with Crippen LogP contribution in [0.2, 0.25) is 0 Å². The molecule has 0 aromatic heterocycles. The van der Waals surface area contributed by atoms with E-state index in [1.54, 1.807) is 0 Å². The summed E-state index contributed by atoms with van der Waals surface area (Å²) in [6.45, 7) is 11.5. The first-order valence-electron chi connectivity index (χ1n) is 6.80. The van der Waals surface area contributed by atoms with E-state index in [9.17, 15) is 5.11 Å². The number of benzene rings is 1. The van der Waals surface area contributed by atoms with Crippen LogP contribution in [0.25, 0.3) is 0 Å². The monoisotopic (exact) mass is 249 g/mol. The van der Waals surface area contributed by atoms with Crippen molar-refractivity contribution >= 4 is 0 Å². The summed E-state index contributed by atoms with van der Waals surface area (Å²) in [5, 5.41) is 12.7. The van der Waals surface area contributed by atoms with E-state index in [1.807, 2.05) is 6.92 Å². The minimum atomic E-state index is -0.240. The predicted molar refractivity (Wildman–Crippen MR) is 77.7 cm³/mol. The topological polar surface area (TPSA) is 32.3 Å². The molecular weight excluding hydrogens is 222 g/mol. The highest BCUT2D eigenvalue weighted by atomic mass is 16.3. The lowest BCUT2D eigenvalue weighted by Crippen LogP contribution is -2.28. The van der Waals surface area contributed by atoms with Gasteiger partial charge in [-0.3, -0.25) is 0 Å². The first-order chi connectivity index (χ1) is 8.29. The van der Waals surface area contributed by atoms with Crippen molar-refractivity contribution in [1.82, 2.24) is 5.32 Å². The summed E-state index contributed by atoms with van der Waals surface area (Å²) in [4.78, 5) is 0. The van der Waals surface area contributed by atoms with Crippen LogP contribution in [0.4, 0.5) is 0 Å². The smallest absolute Gasteiger partial charge is 0.0526 e. The Hall–Kier alpha value is -0.860. The van der Waals surface area contributed by atoms with Crippen molar-refractivity contribution in [2.24, 2.45) is 0 Å². The van der Waals surface area contributed by atoms with Gasteiger partial charge in [0.2, 0.25) is 0 Å². The van der Waals surface area contributed by atoms with Gasteiger partial charge in [0, 0.05) is 12.6 Å². The number of aliphatic hydroxyl groups is 1. The SMILES string of the molecule is CC(O)CC(C)NCc1ccc(C(C)(C)C)cc1. The van der Waals surface area contributed by atoms with E-state index in [2.05, 4.69) is 57.3 Å². The predicted octanol–water partition coefficient (Wildman–Crippen LogP) is 3.23. The van der Waals surface area contributed by atoms with E-state index < -0.39 is 0 Å². The summed E-state index contributed by atoms with van der Waals surface area (Å²) < 4.78 is 0. The van der Waals surface area contributed by atoms with Crippen LogP contribution in [0.5, 0.6) is 0 Å². The van der Waals surface area contributed by atoms with Crippen LogP contribution in [-0.4, -0.2) is 17.3 Å². The molecular formula is C16H27NO. The lowest BCUT2D eigenvalue weighted by atomic mass is 9.87. The maximum atomic E-state index is 9.31. The molecule has 2 heteroatoms. The molecule has 2 nitrogen and oxygen atoms in total. The molecule has 0 saturated heterocycles. The third kappa shape index (κ3) is 5.19. The minimum absolute atomic E-state index is 0.214. The second kappa shape index (κ2) is 6.35. The molecule has 0 fully saturated rings. The minimum Gasteiger partial charge on any atom is -0.393 e. The van der Waals surface area contributed by atoms with Gasteiger partial charge in [-0.2, -0.15) is 0 Å². The Morgan fingerprint density at radius 2 is 1.67 bits per heavy atom. The van der Waals surface area contributed by atoms with Crippen LogP contribution in [0.15, 0.2) is 24.3 Å². The van der Waals surface area contributed by atoms with Crippen LogP contribution < -0.4 is 5.32 Å². The third-order valence-corrected chi connectivity index (χ3v) is 3.17. The van der Waals surface area contributed by atoms with Gasteiger partial charge in [-0.05, 0) is 36.8 Å². The summed E-state index contributed by atoms with van der Waals surface area (Å²) in [5.41, 5.74) is 2.87. The van der Waals surface area contributed by atoms with Crippen LogP contribution in [0.1, 0.15) is 52.2 Å². The lowest BCUT2D eigenvalue weighted by molar-refractivity contribution is 0.170. The fraction of sp³-hybridized carbons (Fsp3) is 0.625. The fourth-order valence-corrected chi connectivity index (χ4v) is 2.01. The summed E-state index contributed by atoms with van der Waals surface area (Å²) in [6, 6.07) is 9.12. The van der Waals surface area contributed by atoms with Gasteiger partial charge in [0.15, 0.2) is 0 Å². The van der Waals surface area contributed by atoms with E-state index in [1.165, 1.54) is 11.1 Å². The zero-order chi connectivity index (χ0) is 13.8. The van der Waals surface area contributed by atoms with Crippen LogP contribution in [0, 0.1) is 0 Å². The van der Waals surface area contributed by atoms with Crippen molar-refractivity contribution < 1.29 is 5.11 Å². The van der Waals surface area contributed by atoms with Crippen LogP contribution >= 0.6 is 0 Å². The molecule has 2 atom stereocenters. The van der Waals surface area contributed by atoms with Crippen LogP contribution in [-0.2, 0) is 12.0 Å². The Morgan fingerprint density at radius 3 is 2.11 bits per heavy atom. The van der Waals surface area contributed by atoms with Gasteiger partial charge in [-0.1, -0.05) is 45.0 Å². The Bertz CT molecular complexity index is 348. The zero-order valence-corrected chi connectivity index (χ0v) is 12.3. The molecule has 0 amide bonds. The zero-order valence-electron chi connectivity index (χ0n) is 12.3. The molecule has 2 unspecified atom stereocenters. The van der Waals surface area contributed by atoms with Gasteiger partial charge in [-0.25, -0.2) is 0 Å². The Kier molecular flexibility index (Phi) is 5.36. The summed E-state index contributed by atoms with van der Waals surface area (Å²) in [7, 11) is 0. The quantitative estimate of drug-likeness (QED) is 0.839. The van der Waals surface area contributed by atoms with Gasteiger partial charge in [0.05, 0.1) is 6.10 Å². The molecule has 0 radical (unpaired) electrons. The molecule has 1 rings (SSSR count). The molecule has 0 heterocycles. The Morgan fingerprint density at radius 1 is 1.11 bits per heavy atom. The van der Waals surface area contributed by atoms with Crippen molar-refractivity contribution in [2.75, 3.05) is 0 Å². The van der Waals surface area contributed by atoms with Gasteiger partial charge < -0.3 is 10.4 Å². The summed E-state index contributed by atoms with van der Waals surface area (Å²) in [6.07, 6.45) is 0.552. The van der Waals surface area contributed by atoms with Crippen molar-refractivity contribution in [2.45, 2.75) is 65.1 Å². The van der Waals surface area contributed by atoms with Crippen molar-refractivity contribution in [3.8, 4) is 0 Å². The average molecular weight is 249 g/mol. The highest BCUT2D eigenvalue weighted by molar-refractivity contribution is 5.27. The highest BCUT2D eigenvalue weighted by Gasteiger charge is 2.12. The molecule has 0 bridgehead atoms. The lowest BCUT2D eigenvalue weighted by Gasteiger charge is -2.20. The van der Waals surface area contributed by atoms with Gasteiger partial charge in [0.25, 0.3) is 0 Å². The molecule has 2 N–H and O–H groups in total. The molecule has 0 aliphatic rings. The van der Waals surface area contributed by atoms with Crippen molar-refractivity contribution in [1.29, 1.82) is 0 Å².